The zero-order chi connectivity index (χ0) is 23.1. The molecule has 0 atom stereocenters. The summed E-state index contributed by atoms with van der Waals surface area (Å²) in [5.74, 6) is 0.651. The van der Waals surface area contributed by atoms with E-state index in [9.17, 15) is 9.59 Å². The van der Waals surface area contributed by atoms with Crippen LogP contribution in [0.5, 0.6) is 5.75 Å². The number of methoxy groups -OCH3 is 1. The maximum Gasteiger partial charge on any atom is 0.349 e. The fraction of sp³-hybridized carbons (Fsp3) is 0.346. The van der Waals surface area contributed by atoms with Crippen molar-refractivity contribution in [2.24, 2.45) is 5.92 Å². The second-order valence-corrected chi connectivity index (χ2v) is 8.88. The van der Waals surface area contributed by atoms with Gasteiger partial charge in [0.05, 0.1) is 24.5 Å². The van der Waals surface area contributed by atoms with Gasteiger partial charge in [-0.2, -0.15) is 0 Å². The average molecular weight is 446 g/mol. The first-order valence-corrected chi connectivity index (χ1v) is 11.3. The number of aryl methyl sites for hydroxylation is 2. The number of para-hydroxylation sites is 1. The summed E-state index contributed by atoms with van der Waals surface area (Å²) in [4.78, 5) is 32.0. The number of imidazole rings is 1. The second kappa shape index (κ2) is 8.39. The third kappa shape index (κ3) is 3.88. The zero-order valence-electron chi connectivity index (χ0n) is 19.1. The number of ether oxygens (including phenoxy) is 1. The number of fused-ring (bicyclic) bond motifs is 2. The van der Waals surface area contributed by atoms with E-state index >= 15 is 0 Å². The van der Waals surface area contributed by atoms with E-state index in [1.54, 1.807) is 17.0 Å². The van der Waals surface area contributed by atoms with Gasteiger partial charge in [0, 0.05) is 25.0 Å². The highest BCUT2D eigenvalue weighted by Crippen LogP contribution is 2.27. The number of aromatic nitrogens is 2. The Bertz CT molecular complexity index is 1410. The summed E-state index contributed by atoms with van der Waals surface area (Å²) in [5, 5.41) is 0.671. The largest absolute Gasteiger partial charge is 0.493 e. The van der Waals surface area contributed by atoms with Gasteiger partial charge in [-0.25, -0.2) is 9.78 Å². The molecule has 4 aromatic rings. The number of likely N-dealkylation sites (tertiary alicyclic amines) is 1. The SMILES string of the molecule is COc1cccc2cc(C(=O)N3CCC(Cn4cnc5cc(C)c(C)cc54)CC3)c(=O)oc12. The molecule has 1 saturated heterocycles. The molecule has 3 heterocycles. The topological polar surface area (TPSA) is 77.6 Å². The van der Waals surface area contributed by atoms with Crippen molar-refractivity contribution in [1.82, 2.24) is 14.5 Å². The normalized spacial score (nSPS) is 14.8. The van der Waals surface area contributed by atoms with E-state index < -0.39 is 5.63 Å². The Hall–Kier alpha value is -3.61. The fourth-order valence-electron chi connectivity index (χ4n) is 4.65. The number of hydrogen-bond donors (Lipinski definition) is 0. The van der Waals surface area contributed by atoms with E-state index in [4.69, 9.17) is 9.15 Å². The molecule has 1 aliphatic heterocycles. The van der Waals surface area contributed by atoms with Gasteiger partial charge in [0.2, 0.25) is 0 Å². The van der Waals surface area contributed by atoms with Crippen molar-refractivity contribution in [3.8, 4) is 5.75 Å². The van der Waals surface area contributed by atoms with Crippen molar-refractivity contribution in [1.29, 1.82) is 0 Å². The van der Waals surface area contributed by atoms with E-state index in [1.807, 2.05) is 18.5 Å². The molecule has 170 valence electrons. The lowest BCUT2D eigenvalue weighted by atomic mass is 9.96. The molecule has 0 aliphatic carbocycles. The van der Waals surface area contributed by atoms with Crippen LogP contribution in [-0.2, 0) is 6.54 Å². The van der Waals surface area contributed by atoms with Crippen molar-refractivity contribution in [3.63, 3.8) is 0 Å². The third-order valence-electron chi connectivity index (χ3n) is 6.77. The van der Waals surface area contributed by atoms with Gasteiger partial charge in [0.1, 0.15) is 5.56 Å². The Morgan fingerprint density at radius 3 is 2.67 bits per heavy atom. The Kier molecular flexibility index (Phi) is 5.40. The molecule has 1 aliphatic rings. The summed E-state index contributed by atoms with van der Waals surface area (Å²) in [6, 6.07) is 11.3. The van der Waals surface area contributed by atoms with E-state index in [2.05, 4.69) is 35.5 Å². The van der Waals surface area contributed by atoms with Crippen LogP contribution >= 0.6 is 0 Å². The van der Waals surface area contributed by atoms with Crippen LogP contribution in [0.3, 0.4) is 0 Å². The minimum absolute atomic E-state index is 0.0700. The highest BCUT2D eigenvalue weighted by atomic mass is 16.5. The number of nitrogens with zero attached hydrogens (tertiary/aromatic N) is 3. The van der Waals surface area contributed by atoms with E-state index in [0.29, 0.717) is 35.7 Å². The smallest absolute Gasteiger partial charge is 0.349 e. The lowest BCUT2D eigenvalue weighted by Gasteiger charge is -2.32. The van der Waals surface area contributed by atoms with Crippen LogP contribution in [0.15, 0.2) is 51.9 Å². The molecule has 0 unspecified atom stereocenters. The first-order valence-electron chi connectivity index (χ1n) is 11.3. The quantitative estimate of drug-likeness (QED) is 0.437. The molecular formula is C26H27N3O4. The van der Waals surface area contributed by atoms with Gasteiger partial charge in [-0.1, -0.05) is 12.1 Å². The van der Waals surface area contributed by atoms with Crippen LogP contribution in [0, 0.1) is 19.8 Å². The highest BCUT2D eigenvalue weighted by Gasteiger charge is 2.27. The first kappa shape index (κ1) is 21.2. The standard InChI is InChI=1S/C26H27N3O4/c1-16-11-21-22(12-17(16)2)29(15-27-21)14-18-7-9-28(10-8-18)25(30)20-13-19-5-4-6-23(32-3)24(19)33-26(20)31/h4-6,11-13,15,18H,7-10,14H2,1-3H3. The molecule has 1 fully saturated rings. The predicted molar refractivity (Wildman–Crippen MR) is 127 cm³/mol. The van der Waals surface area contributed by atoms with Crippen LogP contribution in [0.25, 0.3) is 22.0 Å². The van der Waals surface area contributed by atoms with E-state index in [0.717, 1.165) is 30.4 Å². The maximum atomic E-state index is 13.1. The molecule has 0 radical (unpaired) electrons. The zero-order valence-corrected chi connectivity index (χ0v) is 19.1. The fourth-order valence-corrected chi connectivity index (χ4v) is 4.65. The monoisotopic (exact) mass is 445 g/mol. The van der Waals surface area contributed by atoms with Crippen molar-refractivity contribution >= 4 is 27.9 Å². The number of piperidine rings is 1. The summed E-state index contributed by atoms with van der Waals surface area (Å²) < 4.78 is 12.9. The molecular weight excluding hydrogens is 418 g/mol. The maximum absolute atomic E-state index is 13.1. The minimum Gasteiger partial charge on any atom is -0.493 e. The molecule has 0 saturated carbocycles. The van der Waals surface area contributed by atoms with Crippen molar-refractivity contribution < 1.29 is 13.9 Å². The number of rotatable bonds is 4. The Labute approximate surface area is 191 Å². The molecule has 5 rings (SSSR count). The molecule has 33 heavy (non-hydrogen) atoms. The van der Waals surface area contributed by atoms with Gasteiger partial charge in [-0.05, 0) is 68.0 Å². The predicted octanol–water partition coefficient (Wildman–Crippen LogP) is 4.32. The van der Waals surface area contributed by atoms with Gasteiger partial charge in [0.25, 0.3) is 5.91 Å². The molecule has 7 heteroatoms. The van der Waals surface area contributed by atoms with Gasteiger partial charge in [-0.15, -0.1) is 0 Å². The van der Waals surface area contributed by atoms with Crippen molar-refractivity contribution in [2.75, 3.05) is 20.2 Å². The molecule has 0 bridgehead atoms. The summed E-state index contributed by atoms with van der Waals surface area (Å²) >= 11 is 0. The number of amides is 1. The van der Waals surface area contributed by atoms with Crippen LogP contribution in [0.2, 0.25) is 0 Å². The lowest BCUT2D eigenvalue weighted by Crippen LogP contribution is -2.40. The van der Waals surface area contributed by atoms with Gasteiger partial charge >= 0.3 is 5.63 Å². The van der Waals surface area contributed by atoms with Crippen molar-refractivity contribution in [2.45, 2.75) is 33.2 Å². The van der Waals surface area contributed by atoms with Crippen molar-refractivity contribution in [3.05, 3.63) is 69.8 Å². The van der Waals surface area contributed by atoms with E-state index in [-0.39, 0.29) is 11.5 Å². The summed E-state index contributed by atoms with van der Waals surface area (Å²) in [5.41, 5.74) is 4.48. The lowest BCUT2D eigenvalue weighted by molar-refractivity contribution is 0.0679. The summed E-state index contributed by atoms with van der Waals surface area (Å²) in [6.07, 6.45) is 3.67. The van der Waals surface area contributed by atoms with Gasteiger partial charge in [-0.3, -0.25) is 4.79 Å². The van der Waals surface area contributed by atoms with Crippen LogP contribution in [-0.4, -0.2) is 40.6 Å². The summed E-state index contributed by atoms with van der Waals surface area (Å²) in [7, 11) is 1.52. The average Bonchev–Trinajstić information content (AvgIpc) is 3.19. The molecule has 0 spiro atoms. The van der Waals surface area contributed by atoms with Crippen LogP contribution in [0.1, 0.15) is 34.3 Å². The third-order valence-corrected chi connectivity index (χ3v) is 6.77. The number of carbonyl (C=O) groups is 1. The Morgan fingerprint density at radius 1 is 1.15 bits per heavy atom. The van der Waals surface area contributed by atoms with E-state index in [1.165, 1.54) is 18.2 Å². The summed E-state index contributed by atoms with van der Waals surface area (Å²) in [6.45, 7) is 6.33. The molecule has 2 aromatic heterocycles. The molecule has 7 nitrogen and oxygen atoms in total. The molecule has 2 aromatic carbocycles. The van der Waals surface area contributed by atoms with Gasteiger partial charge < -0.3 is 18.6 Å². The second-order valence-electron chi connectivity index (χ2n) is 8.88. The van der Waals surface area contributed by atoms with Crippen LogP contribution < -0.4 is 10.4 Å². The Morgan fingerprint density at radius 2 is 1.91 bits per heavy atom. The minimum atomic E-state index is -0.630. The van der Waals surface area contributed by atoms with Gasteiger partial charge in [0.15, 0.2) is 11.3 Å². The number of benzene rings is 2. The Balaban J connectivity index is 1.29. The molecule has 0 N–H and O–H groups in total. The number of hydrogen-bond acceptors (Lipinski definition) is 5. The number of carbonyl (C=O) groups excluding carboxylic acids is 1. The van der Waals surface area contributed by atoms with Crippen LogP contribution in [0.4, 0.5) is 0 Å². The molecule has 1 amide bonds. The highest BCUT2D eigenvalue weighted by molar-refractivity contribution is 5.97. The first-order chi connectivity index (χ1) is 15.9.